The van der Waals surface area contributed by atoms with Crippen molar-refractivity contribution in [3.63, 3.8) is 0 Å². The number of amides is 1. The molecule has 1 atom stereocenters. The molecule has 2 heterocycles. The Balaban J connectivity index is 1.47. The number of nitrogens with two attached hydrogens (primary N) is 1. The lowest BCUT2D eigenvalue weighted by Gasteiger charge is -2.19. The van der Waals surface area contributed by atoms with E-state index in [1.165, 1.54) is 16.9 Å². The highest BCUT2D eigenvalue weighted by Gasteiger charge is 2.24. The highest BCUT2D eigenvalue weighted by Crippen LogP contribution is 2.25. The Labute approximate surface area is 134 Å². The lowest BCUT2D eigenvalue weighted by atomic mass is 10.1. The first kappa shape index (κ1) is 15.3. The number of nitrogen functional groups attached to an aromatic ring is 1. The zero-order chi connectivity index (χ0) is 16.2. The van der Waals surface area contributed by atoms with Crippen LogP contribution in [0.25, 0.3) is 0 Å². The third-order valence-corrected chi connectivity index (χ3v) is 4.03. The van der Waals surface area contributed by atoms with Gasteiger partial charge in [0.05, 0.1) is 17.6 Å². The van der Waals surface area contributed by atoms with Gasteiger partial charge in [-0.2, -0.15) is 5.10 Å². The number of hydrogen-bond donors (Lipinski definition) is 2. The predicted molar refractivity (Wildman–Crippen MR) is 86.4 cm³/mol. The quantitative estimate of drug-likeness (QED) is 0.870. The second-order valence-corrected chi connectivity index (χ2v) is 5.83. The van der Waals surface area contributed by atoms with Crippen LogP contribution in [0.15, 0.2) is 36.7 Å². The van der Waals surface area contributed by atoms with Crippen LogP contribution in [-0.2, 0) is 11.3 Å². The van der Waals surface area contributed by atoms with E-state index in [0.29, 0.717) is 23.8 Å². The number of nitrogens with zero attached hydrogens (tertiary/aromatic N) is 3. The lowest BCUT2D eigenvalue weighted by Crippen LogP contribution is -2.33. The van der Waals surface area contributed by atoms with Crippen molar-refractivity contribution in [1.29, 1.82) is 0 Å². The molecular weight excluding hydrogens is 297 g/mol. The second kappa shape index (κ2) is 6.68. The number of benzene rings is 1. The summed E-state index contributed by atoms with van der Waals surface area (Å²) in [6, 6.07) is 6.79. The molecule has 7 heteroatoms. The van der Waals surface area contributed by atoms with Crippen LogP contribution in [0, 0.1) is 11.7 Å². The van der Waals surface area contributed by atoms with E-state index in [0.717, 1.165) is 19.5 Å². The number of carbonyl (C=O) groups excluding carboxylic acids is 1. The number of carbonyl (C=O) groups is 1. The average molecular weight is 317 g/mol. The van der Waals surface area contributed by atoms with E-state index < -0.39 is 0 Å². The van der Waals surface area contributed by atoms with Crippen LogP contribution in [0.3, 0.4) is 0 Å². The molecule has 1 amide bonds. The fourth-order valence-corrected chi connectivity index (χ4v) is 2.85. The molecule has 122 valence electrons. The first-order chi connectivity index (χ1) is 11.1. The van der Waals surface area contributed by atoms with E-state index in [4.69, 9.17) is 5.73 Å². The van der Waals surface area contributed by atoms with Crippen molar-refractivity contribution in [2.24, 2.45) is 5.92 Å². The van der Waals surface area contributed by atoms with Gasteiger partial charge in [0.2, 0.25) is 5.91 Å². The average Bonchev–Trinajstić information content (AvgIpc) is 3.15. The summed E-state index contributed by atoms with van der Waals surface area (Å²) >= 11 is 0. The van der Waals surface area contributed by atoms with Gasteiger partial charge in [-0.1, -0.05) is 12.1 Å². The van der Waals surface area contributed by atoms with Crippen LogP contribution in [0.2, 0.25) is 0 Å². The standard InChI is InChI=1S/C16H20FN5O/c17-14-3-1-2-4-15(14)21-6-5-12(9-21)7-19-16(23)11-22-10-13(18)8-20-22/h1-4,8,10,12H,5-7,9,11,18H2,(H,19,23). The predicted octanol–water partition coefficient (Wildman–Crippen LogP) is 1.25. The van der Waals surface area contributed by atoms with Gasteiger partial charge in [-0.25, -0.2) is 4.39 Å². The van der Waals surface area contributed by atoms with Crippen LogP contribution < -0.4 is 16.0 Å². The largest absolute Gasteiger partial charge is 0.396 e. The molecule has 1 aromatic carbocycles. The molecule has 1 fully saturated rings. The molecule has 23 heavy (non-hydrogen) atoms. The number of para-hydroxylation sites is 1. The number of aromatic nitrogens is 2. The smallest absolute Gasteiger partial charge is 0.241 e. The van der Waals surface area contributed by atoms with Crippen LogP contribution in [-0.4, -0.2) is 35.3 Å². The van der Waals surface area contributed by atoms with Crippen molar-refractivity contribution in [3.8, 4) is 0 Å². The molecule has 3 N–H and O–H groups in total. The second-order valence-electron chi connectivity index (χ2n) is 5.83. The first-order valence-electron chi connectivity index (χ1n) is 7.66. The zero-order valence-corrected chi connectivity index (χ0v) is 12.8. The summed E-state index contributed by atoms with van der Waals surface area (Å²) in [5.41, 5.74) is 6.73. The van der Waals surface area contributed by atoms with Crippen molar-refractivity contribution < 1.29 is 9.18 Å². The number of halogens is 1. The van der Waals surface area contributed by atoms with Crippen LogP contribution in [0.5, 0.6) is 0 Å². The van der Waals surface area contributed by atoms with Crippen LogP contribution in [0.4, 0.5) is 15.8 Å². The first-order valence-corrected chi connectivity index (χ1v) is 7.66. The van der Waals surface area contributed by atoms with E-state index >= 15 is 0 Å². The van der Waals surface area contributed by atoms with E-state index in [9.17, 15) is 9.18 Å². The molecule has 6 nitrogen and oxygen atoms in total. The van der Waals surface area contributed by atoms with Crippen molar-refractivity contribution in [2.75, 3.05) is 30.3 Å². The minimum atomic E-state index is -0.201. The van der Waals surface area contributed by atoms with Crippen LogP contribution >= 0.6 is 0 Å². The van der Waals surface area contributed by atoms with Gasteiger partial charge < -0.3 is 16.0 Å². The van der Waals surface area contributed by atoms with Crippen molar-refractivity contribution >= 4 is 17.3 Å². The molecule has 1 aliphatic heterocycles. The Morgan fingerprint density at radius 3 is 3.00 bits per heavy atom. The lowest BCUT2D eigenvalue weighted by molar-refractivity contribution is -0.122. The Morgan fingerprint density at radius 1 is 1.43 bits per heavy atom. The number of nitrogens with one attached hydrogen (secondary N) is 1. The Bertz CT molecular complexity index is 687. The molecule has 1 aromatic heterocycles. The third kappa shape index (κ3) is 3.80. The van der Waals surface area contributed by atoms with E-state index in [-0.39, 0.29) is 18.3 Å². The molecule has 1 aliphatic rings. The van der Waals surface area contributed by atoms with E-state index in [1.807, 2.05) is 11.0 Å². The SMILES string of the molecule is Nc1cnn(CC(=O)NCC2CCN(c3ccccc3F)C2)c1. The number of anilines is 2. The molecule has 0 spiro atoms. The normalized spacial score (nSPS) is 17.4. The molecule has 1 unspecified atom stereocenters. The summed E-state index contributed by atoms with van der Waals surface area (Å²) in [5.74, 6) is 0.0205. The van der Waals surface area contributed by atoms with Gasteiger partial charge in [0.15, 0.2) is 0 Å². The van der Waals surface area contributed by atoms with Crippen molar-refractivity contribution in [3.05, 3.63) is 42.5 Å². The van der Waals surface area contributed by atoms with Crippen LogP contribution in [0.1, 0.15) is 6.42 Å². The topological polar surface area (TPSA) is 76.2 Å². The summed E-state index contributed by atoms with van der Waals surface area (Å²) in [6.45, 7) is 2.29. The Morgan fingerprint density at radius 2 is 2.26 bits per heavy atom. The molecule has 3 rings (SSSR count). The molecule has 0 saturated carbocycles. The molecular formula is C16H20FN5O. The van der Waals surface area contributed by atoms with Gasteiger partial charge in [0.1, 0.15) is 12.4 Å². The summed E-state index contributed by atoms with van der Waals surface area (Å²) in [7, 11) is 0. The monoisotopic (exact) mass is 317 g/mol. The van der Waals surface area contributed by atoms with Gasteiger partial charge >= 0.3 is 0 Å². The maximum absolute atomic E-state index is 13.8. The maximum atomic E-state index is 13.8. The van der Waals surface area contributed by atoms with Gasteiger partial charge in [0.25, 0.3) is 0 Å². The highest BCUT2D eigenvalue weighted by atomic mass is 19.1. The van der Waals surface area contributed by atoms with Gasteiger partial charge in [-0.3, -0.25) is 9.48 Å². The maximum Gasteiger partial charge on any atom is 0.241 e. The molecule has 0 radical (unpaired) electrons. The minimum Gasteiger partial charge on any atom is -0.396 e. The van der Waals surface area contributed by atoms with E-state index in [2.05, 4.69) is 10.4 Å². The molecule has 1 saturated heterocycles. The van der Waals surface area contributed by atoms with Gasteiger partial charge in [0, 0.05) is 25.8 Å². The Hall–Kier alpha value is -2.57. The summed E-state index contributed by atoms with van der Waals surface area (Å²) < 4.78 is 15.3. The summed E-state index contributed by atoms with van der Waals surface area (Å²) in [4.78, 5) is 13.9. The highest BCUT2D eigenvalue weighted by molar-refractivity contribution is 5.75. The third-order valence-electron chi connectivity index (χ3n) is 4.03. The van der Waals surface area contributed by atoms with Gasteiger partial charge in [-0.05, 0) is 24.5 Å². The number of rotatable bonds is 5. The van der Waals surface area contributed by atoms with E-state index in [1.54, 1.807) is 18.3 Å². The Kier molecular flexibility index (Phi) is 4.45. The molecule has 0 aliphatic carbocycles. The summed E-state index contributed by atoms with van der Waals surface area (Å²) in [5, 5.41) is 6.89. The summed E-state index contributed by atoms with van der Waals surface area (Å²) in [6.07, 6.45) is 4.06. The molecule has 2 aromatic rings. The fourth-order valence-electron chi connectivity index (χ4n) is 2.85. The van der Waals surface area contributed by atoms with Crippen molar-refractivity contribution in [2.45, 2.75) is 13.0 Å². The van der Waals surface area contributed by atoms with Gasteiger partial charge in [-0.15, -0.1) is 0 Å². The molecule has 0 bridgehead atoms. The minimum absolute atomic E-state index is 0.0996. The van der Waals surface area contributed by atoms with Crippen molar-refractivity contribution in [1.82, 2.24) is 15.1 Å². The fraction of sp³-hybridized carbons (Fsp3) is 0.375. The zero-order valence-electron chi connectivity index (χ0n) is 12.8. The number of hydrogen-bond acceptors (Lipinski definition) is 4.